The van der Waals surface area contributed by atoms with Gasteiger partial charge in [0.2, 0.25) is 0 Å². The van der Waals surface area contributed by atoms with Gasteiger partial charge in [-0.25, -0.2) is 13.2 Å². The van der Waals surface area contributed by atoms with E-state index >= 15 is 0 Å². The molecule has 3 N–H and O–H groups in total. The van der Waals surface area contributed by atoms with Crippen LogP contribution in [-0.4, -0.2) is 47.2 Å². The van der Waals surface area contributed by atoms with Crippen LogP contribution in [0.1, 0.15) is 42.5 Å². The molecule has 2 aromatic carbocycles. The molecule has 172 valence electrons. The normalized spacial score (nSPS) is 18.3. The van der Waals surface area contributed by atoms with E-state index in [1.165, 1.54) is 42.4 Å². The highest BCUT2D eigenvalue weighted by Crippen LogP contribution is 2.32. The van der Waals surface area contributed by atoms with Crippen molar-refractivity contribution >= 4 is 39.9 Å². The van der Waals surface area contributed by atoms with Crippen molar-refractivity contribution < 1.29 is 23.1 Å². The number of nitrogens with one attached hydrogen (secondary N) is 2. The molecule has 5 nitrogen and oxygen atoms in total. The average Bonchev–Trinajstić information content (AvgIpc) is 2.75. The predicted molar refractivity (Wildman–Crippen MR) is 124 cm³/mol. The van der Waals surface area contributed by atoms with Crippen molar-refractivity contribution in [2.45, 2.75) is 43.7 Å². The van der Waals surface area contributed by atoms with E-state index in [2.05, 4.69) is 10.6 Å². The second kappa shape index (κ2) is 9.56. The van der Waals surface area contributed by atoms with Gasteiger partial charge in [-0.2, -0.15) is 0 Å². The van der Waals surface area contributed by atoms with Crippen LogP contribution < -0.4 is 10.6 Å². The number of nitrogens with zero attached hydrogens (tertiary/aromatic N) is 1. The summed E-state index contributed by atoms with van der Waals surface area (Å²) < 4.78 is 43.4. The molecule has 9 heteroatoms. The quantitative estimate of drug-likeness (QED) is 0.455. The summed E-state index contributed by atoms with van der Waals surface area (Å²) in [7, 11) is 0. The third-order valence-electron chi connectivity index (χ3n) is 6.10. The largest absolute Gasteiger partial charge is 0.385 e. The van der Waals surface area contributed by atoms with Crippen LogP contribution >= 0.6 is 22.6 Å². The van der Waals surface area contributed by atoms with Crippen molar-refractivity contribution in [3.8, 4) is 0 Å². The number of carbonyl (C=O) groups excluding carboxylic acids is 1. The molecule has 0 atom stereocenters. The molecule has 1 saturated carbocycles. The van der Waals surface area contributed by atoms with Crippen LogP contribution in [0.5, 0.6) is 0 Å². The Kier molecular flexibility index (Phi) is 6.97. The zero-order valence-electron chi connectivity index (χ0n) is 17.4. The molecule has 0 spiro atoms. The number of amides is 1. The molecule has 2 aliphatic rings. The topological polar surface area (TPSA) is 64.6 Å². The van der Waals surface area contributed by atoms with Crippen molar-refractivity contribution in [1.82, 2.24) is 10.2 Å². The fourth-order valence-corrected chi connectivity index (χ4v) is 4.76. The first-order valence-corrected chi connectivity index (χ1v) is 11.8. The molecule has 1 saturated heterocycles. The van der Waals surface area contributed by atoms with Crippen molar-refractivity contribution in [3.63, 3.8) is 0 Å². The summed E-state index contributed by atoms with van der Waals surface area (Å²) in [5.74, 6) is -3.61. The molecular weight excluding hydrogens is 534 g/mol. The average molecular weight is 559 g/mol. The zero-order valence-corrected chi connectivity index (χ0v) is 19.6. The maximum atomic E-state index is 14.6. The number of β-amino-alcohol motifs (C(OH)–C–C–N with tert-alkyl or cyclic N) is 1. The molecule has 0 radical (unpaired) electrons. The minimum absolute atomic E-state index is 0.0687. The number of carbonyl (C=O) groups is 1. The Morgan fingerprint density at radius 1 is 1.09 bits per heavy atom. The second-order valence-corrected chi connectivity index (χ2v) is 9.88. The van der Waals surface area contributed by atoms with Crippen LogP contribution in [0.25, 0.3) is 0 Å². The Balaban J connectivity index is 1.46. The van der Waals surface area contributed by atoms with Gasteiger partial charge in [-0.05, 0) is 65.8 Å². The van der Waals surface area contributed by atoms with Crippen LogP contribution in [-0.2, 0) is 0 Å². The summed E-state index contributed by atoms with van der Waals surface area (Å²) in [5, 5.41) is 16.6. The molecule has 1 aliphatic carbocycles. The third-order valence-corrected chi connectivity index (χ3v) is 6.77. The highest BCUT2D eigenvalue weighted by Gasteiger charge is 2.44. The number of anilines is 2. The van der Waals surface area contributed by atoms with Gasteiger partial charge in [0.05, 0.1) is 30.0 Å². The molecule has 1 aliphatic heterocycles. The number of likely N-dealkylation sites (tertiary alicyclic amines) is 1. The van der Waals surface area contributed by atoms with Crippen molar-refractivity contribution in [1.29, 1.82) is 0 Å². The Labute approximate surface area is 198 Å². The summed E-state index contributed by atoms with van der Waals surface area (Å²) in [4.78, 5) is 14.4. The van der Waals surface area contributed by atoms with Crippen molar-refractivity contribution in [2.75, 3.05) is 25.0 Å². The summed E-state index contributed by atoms with van der Waals surface area (Å²) in [6.07, 6.45) is 5.75. The predicted octanol–water partition coefficient (Wildman–Crippen LogP) is 4.56. The van der Waals surface area contributed by atoms with E-state index in [-0.39, 0.29) is 24.3 Å². The molecule has 1 amide bonds. The SMILES string of the molecule is O=C(c1ccc(F)c(F)c1Nc1ccc(I)cc1F)N1CC(O)(CNC2CCCCC2)C1. The highest BCUT2D eigenvalue weighted by molar-refractivity contribution is 14.1. The number of hydrogen-bond donors (Lipinski definition) is 3. The van der Waals surface area contributed by atoms with Crippen LogP contribution in [0.4, 0.5) is 24.5 Å². The van der Waals surface area contributed by atoms with E-state index in [0.29, 0.717) is 16.2 Å². The van der Waals surface area contributed by atoms with E-state index < -0.39 is 34.6 Å². The lowest BCUT2D eigenvalue weighted by Gasteiger charge is -2.47. The second-order valence-electron chi connectivity index (χ2n) is 8.63. The fourth-order valence-electron chi connectivity index (χ4n) is 4.31. The van der Waals surface area contributed by atoms with Crippen LogP contribution in [0.2, 0.25) is 0 Å². The Hall–Kier alpha value is -1.85. The molecule has 4 rings (SSSR count). The number of hydrogen-bond acceptors (Lipinski definition) is 4. The minimum atomic E-state index is -1.26. The molecule has 1 heterocycles. The maximum Gasteiger partial charge on any atom is 0.256 e. The van der Waals surface area contributed by atoms with E-state index in [9.17, 15) is 23.1 Å². The summed E-state index contributed by atoms with van der Waals surface area (Å²) in [6, 6.07) is 6.67. The van der Waals surface area contributed by atoms with Crippen molar-refractivity contribution in [2.24, 2.45) is 0 Å². The van der Waals surface area contributed by atoms with Gasteiger partial charge in [0, 0.05) is 16.2 Å². The first kappa shape index (κ1) is 23.3. The number of halogens is 4. The lowest BCUT2D eigenvalue weighted by Crippen LogP contribution is -2.67. The van der Waals surface area contributed by atoms with Gasteiger partial charge in [0.25, 0.3) is 5.91 Å². The smallest absolute Gasteiger partial charge is 0.256 e. The van der Waals surface area contributed by atoms with Crippen LogP contribution in [0.3, 0.4) is 0 Å². The van der Waals surface area contributed by atoms with Gasteiger partial charge in [-0.1, -0.05) is 19.3 Å². The summed E-state index contributed by atoms with van der Waals surface area (Å²) in [6.45, 7) is 0.544. The molecule has 32 heavy (non-hydrogen) atoms. The van der Waals surface area contributed by atoms with E-state index in [1.807, 2.05) is 22.6 Å². The number of benzene rings is 2. The first-order valence-electron chi connectivity index (χ1n) is 10.7. The minimum Gasteiger partial charge on any atom is -0.385 e. The molecular formula is C23H25F3IN3O2. The van der Waals surface area contributed by atoms with E-state index in [1.54, 1.807) is 6.07 Å². The van der Waals surface area contributed by atoms with Gasteiger partial charge in [0.1, 0.15) is 11.4 Å². The Morgan fingerprint density at radius 2 is 1.81 bits per heavy atom. The lowest BCUT2D eigenvalue weighted by molar-refractivity contribution is -0.0802. The molecule has 2 fully saturated rings. The standard InChI is InChI=1S/C23H25F3IN3O2/c24-17-8-7-16(21(20(17)26)29-19-9-6-14(27)10-18(19)25)22(31)30-12-23(32,13-30)11-28-15-4-2-1-3-5-15/h6-10,15,28-29,32H,1-5,11-13H2. The highest BCUT2D eigenvalue weighted by atomic mass is 127. The van der Waals surface area contributed by atoms with E-state index in [0.717, 1.165) is 18.9 Å². The van der Waals surface area contributed by atoms with Crippen LogP contribution in [0, 0.1) is 21.0 Å². The third kappa shape index (κ3) is 5.04. The Bertz CT molecular complexity index is 1010. The van der Waals surface area contributed by atoms with Gasteiger partial charge in [-0.3, -0.25) is 4.79 Å². The lowest BCUT2D eigenvalue weighted by atomic mass is 9.90. The summed E-state index contributed by atoms with van der Waals surface area (Å²) in [5.41, 5.74) is -1.67. The number of rotatable bonds is 6. The zero-order chi connectivity index (χ0) is 22.9. The Morgan fingerprint density at radius 3 is 2.50 bits per heavy atom. The molecule has 0 bridgehead atoms. The number of aliphatic hydroxyl groups is 1. The van der Waals surface area contributed by atoms with Gasteiger partial charge >= 0.3 is 0 Å². The van der Waals surface area contributed by atoms with E-state index in [4.69, 9.17) is 0 Å². The molecule has 0 aromatic heterocycles. The maximum absolute atomic E-state index is 14.6. The summed E-state index contributed by atoms with van der Waals surface area (Å²) >= 11 is 1.94. The van der Waals surface area contributed by atoms with Crippen molar-refractivity contribution in [3.05, 3.63) is 56.9 Å². The molecule has 2 aromatic rings. The molecule has 0 unspecified atom stereocenters. The monoisotopic (exact) mass is 559 g/mol. The fraction of sp³-hybridized carbons (Fsp3) is 0.435. The van der Waals surface area contributed by atoms with Crippen LogP contribution in [0.15, 0.2) is 30.3 Å². The van der Waals surface area contributed by atoms with Gasteiger partial charge in [0.15, 0.2) is 11.6 Å². The van der Waals surface area contributed by atoms with Gasteiger partial charge < -0.3 is 20.6 Å². The first-order chi connectivity index (χ1) is 15.3. The van der Waals surface area contributed by atoms with Gasteiger partial charge in [-0.15, -0.1) is 0 Å².